The molecular weight excluding hydrogens is 368 g/mol. The van der Waals surface area contributed by atoms with Crippen LogP contribution in [0.1, 0.15) is 38.6 Å². The molecule has 1 atom stereocenters. The number of thiophene rings is 1. The van der Waals surface area contributed by atoms with Crippen molar-refractivity contribution in [2.45, 2.75) is 13.0 Å². The molecule has 0 fully saturated rings. The predicted octanol–water partition coefficient (Wildman–Crippen LogP) is 5.14. The molecular formula is C20H17ClN2O2S. The summed E-state index contributed by atoms with van der Waals surface area (Å²) in [5.41, 5.74) is 2.15. The zero-order chi connectivity index (χ0) is 18.5. The van der Waals surface area contributed by atoms with Gasteiger partial charge in [-0.1, -0.05) is 29.8 Å². The van der Waals surface area contributed by atoms with Crippen molar-refractivity contribution in [2.75, 3.05) is 5.32 Å². The van der Waals surface area contributed by atoms with Gasteiger partial charge in [-0.15, -0.1) is 11.3 Å². The summed E-state index contributed by atoms with van der Waals surface area (Å²) in [6.07, 6.45) is 0. The fraction of sp³-hybridized carbons (Fsp3) is 0.100. The molecule has 0 aliphatic carbocycles. The van der Waals surface area contributed by atoms with E-state index in [9.17, 15) is 9.59 Å². The number of amides is 2. The maximum absolute atomic E-state index is 12.4. The van der Waals surface area contributed by atoms with Gasteiger partial charge in [0.1, 0.15) is 0 Å². The summed E-state index contributed by atoms with van der Waals surface area (Å²) in [4.78, 5) is 25.1. The first-order chi connectivity index (χ1) is 12.5. The highest BCUT2D eigenvalue weighted by Crippen LogP contribution is 2.18. The molecule has 0 saturated carbocycles. The molecule has 3 aromatic rings. The number of carbonyl (C=O) groups excluding carboxylic acids is 2. The van der Waals surface area contributed by atoms with Crippen molar-refractivity contribution in [1.82, 2.24) is 5.32 Å². The summed E-state index contributed by atoms with van der Waals surface area (Å²) in [7, 11) is 0. The number of halogens is 1. The lowest BCUT2D eigenvalue weighted by Gasteiger charge is -2.14. The van der Waals surface area contributed by atoms with E-state index in [1.54, 1.807) is 42.5 Å². The zero-order valence-electron chi connectivity index (χ0n) is 14.0. The van der Waals surface area contributed by atoms with Crippen molar-refractivity contribution in [3.8, 4) is 0 Å². The fourth-order valence-corrected chi connectivity index (χ4v) is 3.17. The highest BCUT2D eigenvalue weighted by molar-refractivity contribution is 7.12. The third-order valence-electron chi connectivity index (χ3n) is 3.87. The standard InChI is InChI=1S/C20H17ClN2O2S/c1-13(14-4-8-16(21)9-5-14)22-19(24)15-6-10-17(11-7-15)23-20(25)18-3-2-12-26-18/h2-13H,1H3,(H,22,24)(H,23,25). The van der Waals surface area contributed by atoms with E-state index in [2.05, 4.69) is 10.6 Å². The molecule has 0 aliphatic rings. The van der Waals surface area contributed by atoms with Crippen molar-refractivity contribution in [3.63, 3.8) is 0 Å². The number of nitrogens with one attached hydrogen (secondary N) is 2. The lowest BCUT2D eigenvalue weighted by Crippen LogP contribution is -2.26. The average molecular weight is 385 g/mol. The lowest BCUT2D eigenvalue weighted by molar-refractivity contribution is 0.0939. The molecule has 0 saturated heterocycles. The van der Waals surface area contributed by atoms with E-state index in [1.165, 1.54) is 11.3 Å². The van der Waals surface area contributed by atoms with Crippen LogP contribution in [0.4, 0.5) is 5.69 Å². The summed E-state index contributed by atoms with van der Waals surface area (Å²) in [5.74, 6) is -0.336. The predicted molar refractivity (Wildman–Crippen MR) is 106 cm³/mol. The van der Waals surface area contributed by atoms with Gasteiger partial charge in [0.05, 0.1) is 10.9 Å². The van der Waals surface area contributed by atoms with Gasteiger partial charge >= 0.3 is 0 Å². The molecule has 3 rings (SSSR count). The molecule has 1 unspecified atom stereocenters. The molecule has 1 heterocycles. The maximum atomic E-state index is 12.4. The molecule has 26 heavy (non-hydrogen) atoms. The van der Waals surface area contributed by atoms with Crippen LogP contribution in [0.3, 0.4) is 0 Å². The number of carbonyl (C=O) groups is 2. The highest BCUT2D eigenvalue weighted by Gasteiger charge is 2.12. The monoisotopic (exact) mass is 384 g/mol. The molecule has 2 N–H and O–H groups in total. The van der Waals surface area contributed by atoms with Crippen LogP contribution in [-0.4, -0.2) is 11.8 Å². The first kappa shape index (κ1) is 18.2. The third kappa shape index (κ3) is 4.50. The normalized spacial score (nSPS) is 11.6. The van der Waals surface area contributed by atoms with Crippen LogP contribution in [0.25, 0.3) is 0 Å². The van der Waals surface area contributed by atoms with Crippen LogP contribution in [0.2, 0.25) is 5.02 Å². The van der Waals surface area contributed by atoms with Crippen molar-refractivity contribution >= 4 is 40.4 Å². The van der Waals surface area contributed by atoms with Crippen LogP contribution in [0, 0.1) is 0 Å². The van der Waals surface area contributed by atoms with Crippen LogP contribution in [0.5, 0.6) is 0 Å². The Morgan fingerprint density at radius 2 is 1.65 bits per heavy atom. The van der Waals surface area contributed by atoms with Crippen molar-refractivity contribution in [1.29, 1.82) is 0 Å². The van der Waals surface area contributed by atoms with Gasteiger partial charge in [0, 0.05) is 16.3 Å². The summed E-state index contributed by atoms with van der Waals surface area (Å²) >= 11 is 7.26. The molecule has 0 bridgehead atoms. The van der Waals surface area contributed by atoms with E-state index in [0.29, 0.717) is 21.2 Å². The van der Waals surface area contributed by atoms with Gasteiger partial charge in [-0.2, -0.15) is 0 Å². The Hall–Kier alpha value is -2.63. The largest absolute Gasteiger partial charge is 0.346 e. The number of hydrogen-bond acceptors (Lipinski definition) is 3. The van der Waals surface area contributed by atoms with E-state index >= 15 is 0 Å². The van der Waals surface area contributed by atoms with Crippen LogP contribution in [-0.2, 0) is 0 Å². The molecule has 0 radical (unpaired) electrons. The molecule has 2 aromatic carbocycles. The third-order valence-corrected chi connectivity index (χ3v) is 4.99. The average Bonchev–Trinajstić information content (AvgIpc) is 3.17. The highest BCUT2D eigenvalue weighted by atomic mass is 35.5. The number of hydrogen-bond donors (Lipinski definition) is 2. The minimum absolute atomic E-state index is 0.141. The van der Waals surface area contributed by atoms with Gasteiger partial charge < -0.3 is 10.6 Å². The second kappa shape index (κ2) is 8.17. The summed E-state index contributed by atoms with van der Waals surface area (Å²) in [5, 5.41) is 8.27. The minimum Gasteiger partial charge on any atom is -0.346 e. The van der Waals surface area contributed by atoms with Crippen LogP contribution in [0.15, 0.2) is 66.0 Å². The Bertz CT molecular complexity index is 891. The van der Waals surface area contributed by atoms with Crippen molar-refractivity contribution in [3.05, 3.63) is 87.1 Å². The second-order valence-corrected chi connectivity index (χ2v) is 7.14. The van der Waals surface area contributed by atoms with Crippen LogP contribution < -0.4 is 10.6 Å². The molecule has 1 aromatic heterocycles. The Morgan fingerprint density at radius 3 is 2.27 bits per heavy atom. The van der Waals surface area contributed by atoms with Gasteiger partial charge in [0.2, 0.25) is 0 Å². The summed E-state index contributed by atoms with van der Waals surface area (Å²) in [6.45, 7) is 1.91. The summed E-state index contributed by atoms with van der Waals surface area (Å²) in [6, 6.07) is 17.6. The summed E-state index contributed by atoms with van der Waals surface area (Å²) < 4.78 is 0. The number of anilines is 1. The fourth-order valence-electron chi connectivity index (χ4n) is 2.42. The molecule has 132 valence electrons. The second-order valence-electron chi connectivity index (χ2n) is 5.76. The molecule has 2 amide bonds. The minimum atomic E-state index is -0.177. The smallest absolute Gasteiger partial charge is 0.265 e. The Morgan fingerprint density at radius 1 is 0.962 bits per heavy atom. The topological polar surface area (TPSA) is 58.2 Å². The molecule has 6 heteroatoms. The SMILES string of the molecule is CC(NC(=O)c1ccc(NC(=O)c2cccs2)cc1)c1ccc(Cl)cc1. The molecule has 0 spiro atoms. The van der Waals surface area contributed by atoms with E-state index in [0.717, 1.165) is 5.56 Å². The Kier molecular flexibility index (Phi) is 5.71. The van der Waals surface area contributed by atoms with Crippen LogP contribution >= 0.6 is 22.9 Å². The van der Waals surface area contributed by atoms with Crippen molar-refractivity contribution in [2.24, 2.45) is 0 Å². The first-order valence-corrected chi connectivity index (χ1v) is 9.30. The first-order valence-electron chi connectivity index (χ1n) is 8.04. The Balaban J connectivity index is 1.61. The van der Waals surface area contributed by atoms with Gasteiger partial charge in [0.15, 0.2) is 0 Å². The van der Waals surface area contributed by atoms with Gasteiger partial charge in [0.25, 0.3) is 11.8 Å². The number of rotatable bonds is 5. The van der Waals surface area contributed by atoms with E-state index in [4.69, 9.17) is 11.6 Å². The van der Waals surface area contributed by atoms with E-state index in [-0.39, 0.29) is 17.9 Å². The zero-order valence-corrected chi connectivity index (χ0v) is 15.6. The Labute approximate surface area is 160 Å². The van der Waals surface area contributed by atoms with E-state index in [1.807, 2.05) is 30.5 Å². The van der Waals surface area contributed by atoms with Gasteiger partial charge in [-0.05, 0) is 60.3 Å². The molecule has 0 aliphatic heterocycles. The van der Waals surface area contributed by atoms with Gasteiger partial charge in [-0.25, -0.2) is 0 Å². The van der Waals surface area contributed by atoms with Gasteiger partial charge in [-0.3, -0.25) is 9.59 Å². The lowest BCUT2D eigenvalue weighted by atomic mass is 10.1. The van der Waals surface area contributed by atoms with Crippen molar-refractivity contribution < 1.29 is 9.59 Å². The van der Waals surface area contributed by atoms with E-state index < -0.39 is 0 Å². The maximum Gasteiger partial charge on any atom is 0.265 e. The molecule has 4 nitrogen and oxygen atoms in total. The quantitative estimate of drug-likeness (QED) is 0.639. The number of benzene rings is 2.